The summed E-state index contributed by atoms with van der Waals surface area (Å²) in [5.74, 6) is 1.44. The Kier molecular flexibility index (Phi) is 12.0. The van der Waals surface area contributed by atoms with Crippen LogP contribution in [0.25, 0.3) is 33.4 Å². The minimum Gasteiger partial charge on any atom is -0.408 e. The van der Waals surface area contributed by atoms with Gasteiger partial charge in [0.1, 0.15) is 11.4 Å². The van der Waals surface area contributed by atoms with Gasteiger partial charge in [0.15, 0.2) is 14.1 Å². The molecular formula is C54H58N6O2Si. The molecule has 0 saturated heterocycles. The maximum atomic E-state index is 14.6. The standard InChI is InChI=1S/C54H58N6O2Si/c1-9-10-30-49-55-48-36-35-44(53(5,6)62-63(7,8)52(2,3)4)37-47(48)51(61)59(49)38-39-31-33-40(34-32-39)45-28-20-21-29-46(45)50-56-57-58-60(50)54(41-22-14-11-15-23-41,42-24-16-12-17-25-42)43-26-18-13-19-27-43/h11-29,31-37H,9-10,30,38H2,1-8H3. The van der Waals surface area contributed by atoms with Gasteiger partial charge in [-0.3, -0.25) is 9.36 Å². The molecule has 0 bridgehead atoms. The third-order valence-corrected chi connectivity index (χ3v) is 17.6. The Bertz CT molecular complexity index is 2790. The summed E-state index contributed by atoms with van der Waals surface area (Å²) in [6, 6.07) is 54.2. The smallest absolute Gasteiger partial charge is 0.261 e. The van der Waals surface area contributed by atoms with Gasteiger partial charge in [0.2, 0.25) is 0 Å². The SMILES string of the molecule is CCCCc1nc2ccc(C(C)(C)O[Si](C)(C)C(C)(C)C)cc2c(=O)n1Cc1ccc(-c2ccccc2-c2nnnn2C(c2ccccc2)(c2ccccc2)c2ccccc2)cc1. The molecule has 2 heterocycles. The Labute approximate surface area is 372 Å². The van der Waals surface area contributed by atoms with E-state index < -0.39 is 19.5 Å². The molecule has 0 unspecified atom stereocenters. The summed E-state index contributed by atoms with van der Waals surface area (Å²) in [5, 5.41) is 14.6. The van der Waals surface area contributed by atoms with E-state index in [0.717, 1.165) is 75.1 Å². The number of rotatable bonds is 14. The lowest BCUT2D eigenvalue weighted by Gasteiger charge is -2.43. The second kappa shape index (κ2) is 17.5. The summed E-state index contributed by atoms with van der Waals surface area (Å²) < 4.78 is 10.8. The fraction of sp³-hybridized carbons (Fsp3) is 0.278. The molecule has 0 saturated carbocycles. The van der Waals surface area contributed by atoms with Crippen molar-refractivity contribution in [2.45, 2.75) is 96.6 Å². The lowest BCUT2D eigenvalue weighted by molar-refractivity contribution is 0.0903. The van der Waals surface area contributed by atoms with E-state index >= 15 is 0 Å². The number of hydrogen-bond acceptors (Lipinski definition) is 6. The zero-order valence-corrected chi connectivity index (χ0v) is 38.8. The Morgan fingerprint density at radius 1 is 0.651 bits per heavy atom. The molecule has 0 fully saturated rings. The maximum absolute atomic E-state index is 14.6. The van der Waals surface area contributed by atoms with Crippen molar-refractivity contribution in [3.05, 3.63) is 202 Å². The first-order valence-electron chi connectivity index (χ1n) is 22.1. The maximum Gasteiger partial charge on any atom is 0.261 e. The number of benzene rings is 6. The summed E-state index contributed by atoms with van der Waals surface area (Å²) in [7, 11) is -2.10. The van der Waals surface area contributed by atoms with Gasteiger partial charge in [-0.1, -0.05) is 180 Å². The molecule has 320 valence electrons. The highest BCUT2D eigenvalue weighted by molar-refractivity contribution is 6.74. The van der Waals surface area contributed by atoms with Crippen LogP contribution in [0.1, 0.15) is 88.0 Å². The van der Waals surface area contributed by atoms with Crippen molar-refractivity contribution in [2.24, 2.45) is 0 Å². The molecule has 8 rings (SSSR count). The lowest BCUT2D eigenvalue weighted by atomic mass is 9.77. The molecule has 0 radical (unpaired) electrons. The summed E-state index contributed by atoms with van der Waals surface area (Å²) in [5.41, 5.74) is 7.23. The van der Waals surface area contributed by atoms with E-state index in [9.17, 15) is 4.79 Å². The van der Waals surface area contributed by atoms with Crippen LogP contribution in [0, 0.1) is 0 Å². The molecule has 0 aliphatic carbocycles. The van der Waals surface area contributed by atoms with Crippen molar-refractivity contribution in [1.82, 2.24) is 29.8 Å². The highest BCUT2D eigenvalue weighted by Crippen LogP contribution is 2.44. The van der Waals surface area contributed by atoms with Crippen LogP contribution in [-0.2, 0) is 28.5 Å². The van der Waals surface area contributed by atoms with Crippen molar-refractivity contribution < 1.29 is 4.43 Å². The predicted molar refractivity (Wildman–Crippen MR) is 258 cm³/mol. The topological polar surface area (TPSA) is 87.7 Å². The Morgan fingerprint density at radius 3 is 1.76 bits per heavy atom. The molecule has 0 aliphatic heterocycles. The van der Waals surface area contributed by atoms with Gasteiger partial charge in [-0.05, 0) is 99.9 Å². The molecule has 63 heavy (non-hydrogen) atoms. The number of tetrazole rings is 1. The minimum atomic E-state index is -2.10. The average Bonchev–Trinajstić information content (AvgIpc) is 3.78. The molecule has 0 atom stereocenters. The molecule has 2 aromatic heterocycles. The van der Waals surface area contributed by atoms with Crippen molar-refractivity contribution >= 4 is 19.2 Å². The van der Waals surface area contributed by atoms with Gasteiger partial charge in [-0.25, -0.2) is 9.67 Å². The van der Waals surface area contributed by atoms with Crippen molar-refractivity contribution in [2.75, 3.05) is 0 Å². The first-order chi connectivity index (χ1) is 30.2. The van der Waals surface area contributed by atoms with Crippen molar-refractivity contribution in [3.63, 3.8) is 0 Å². The zero-order chi connectivity index (χ0) is 44.4. The second-order valence-corrected chi connectivity index (χ2v) is 23.3. The third-order valence-electron chi connectivity index (χ3n) is 12.9. The zero-order valence-electron chi connectivity index (χ0n) is 37.8. The predicted octanol–water partition coefficient (Wildman–Crippen LogP) is 12.2. The van der Waals surface area contributed by atoms with Crippen molar-refractivity contribution in [3.8, 4) is 22.5 Å². The molecule has 0 N–H and O–H groups in total. The van der Waals surface area contributed by atoms with Gasteiger partial charge in [-0.2, -0.15) is 0 Å². The molecule has 8 aromatic rings. The number of hydrogen-bond donors (Lipinski definition) is 0. The summed E-state index contributed by atoms with van der Waals surface area (Å²) in [6.45, 7) is 18.1. The first-order valence-corrected chi connectivity index (χ1v) is 25.0. The number of unbranched alkanes of at least 4 members (excludes halogenated alkanes) is 1. The van der Waals surface area contributed by atoms with Gasteiger partial charge in [0, 0.05) is 12.0 Å². The third kappa shape index (κ3) is 8.35. The summed E-state index contributed by atoms with van der Waals surface area (Å²) in [6.07, 6.45) is 2.67. The normalized spacial score (nSPS) is 12.5. The highest BCUT2D eigenvalue weighted by Gasteiger charge is 2.43. The van der Waals surface area contributed by atoms with E-state index in [2.05, 4.69) is 175 Å². The molecule has 0 amide bonds. The van der Waals surface area contributed by atoms with Gasteiger partial charge >= 0.3 is 0 Å². The molecular weight excluding hydrogens is 793 g/mol. The molecule has 9 heteroatoms. The average molecular weight is 851 g/mol. The van der Waals surface area contributed by atoms with E-state index in [1.54, 1.807) is 0 Å². The van der Waals surface area contributed by atoms with Crippen LogP contribution in [0.2, 0.25) is 18.1 Å². The van der Waals surface area contributed by atoms with Gasteiger partial charge in [-0.15, -0.1) is 5.10 Å². The van der Waals surface area contributed by atoms with Gasteiger partial charge < -0.3 is 4.43 Å². The Balaban J connectivity index is 1.18. The Hall–Kier alpha value is -6.29. The fourth-order valence-corrected chi connectivity index (χ4v) is 10.3. The Morgan fingerprint density at radius 2 is 1.21 bits per heavy atom. The molecule has 0 aliphatic rings. The first kappa shape index (κ1) is 43.4. The molecule has 8 nitrogen and oxygen atoms in total. The highest BCUT2D eigenvalue weighted by atomic mass is 28.4. The summed E-state index contributed by atoms with van der Waals surface area (Å²) in [4.78, 5) is 19.7. The van der Waals surface area contributed by atoms with Crippen LogP contribution in [0.5, 0.6) is 0 Å². The monoisotopic (exact) mass is 850 g/mol. The van der Waals surface area contributed by atoms with Crippen LogP contribution >= 0.6 is 0 Å². The number of nitrogens with zero attached hydrogens (tertiary/aromatic N) is 6. The van der Waals surface area contributed by atoms with Crippen LogP contribution in [0.3, 0.4) is 0 Å². The number of aryl methyl sites for hydroxylation is 1. The van der Waals surface area contributed by atoms with E-state index in [4.69, 9.17) is 19.7 Å². The largest absolute Gasteiger partial charge is 0.408 e. The quantitative estimate of drug-likeness (QED) is 0.0800. The second-order valence-electron chi connectivity index (χ2n) is 18.6. The van der Waals surface area contributed by atoms with E-state index in [0.29, 0.717) is 17.8 Å². The summed E-state index contributed by atoms with van der Waals surface area (Å²) >= 11 is 0. The van der Waals surface area contributed by atoms with Gasteiger partial charge in [0.25, 0.3) is 5.56 Å². The van der Waals surface area contributed by atoms with E-state index in [1.165, 1.54) is 0 Å². The minimum absolute atomic E-state index is 0.0314. The molecule has 0 spiro atoms. The fourth-order valence-electron chi connectivity index (χ4n) is 8.57. The number of aromatic nitrogens is 6. The van der Waals surface area contributed by atoms with E-state index in [1.807, 2.05) is 51.7 Å². The molecule has 6 aromatic carbocycles. The lowest BCUT2D eigenvalue weighted by Crippen LogP contribution is -2.46. The van der Waals surface area contributed by atoms with Crippen LogP contribution < -0.4 is 5.56 Å². The van der Waals surface area contributed by atoms with E-state index in [-0.39, 0.29) is 10.6 Å². The van der Waals surface area contributed by atoms with Crippen molar-refractivity contribution in [1.29, 1.82) is 0 Å². The van der Waals surface area contributed by atoms with Crippen LogP contribution in [0.15, 0.2) is 163 Å². The van der Waals surface area contributed by atoms with Crippen LogP contribution in [-0.4, -0.2) is 38.1 Å². The van der Waals surface area contributed by atoms with Gasteiger partial charge in [0.05, 0.1) is 23.0 Å². The van der Waals surface area contributed by atoms with Crippen LogP contribution in [0.4, 0.5) is 0 Å². The number of fused-ring (bicyclic) bond motifs is 1.